The summed E-state index contributed by atoms with van der Waals surface area (Å²) in [6.07, 6.45) is 1.59. The van der Waals surface area contributed by atoms with E-state index in [0.29, 0.717) is 34.6 Å². The summed E-state index contributed by atoms with van der Waals surface area (Å²) >= 11 is 6.01. The van der Waals surface area contributed by atoms with Gasteiger partial charge in [-0.2, -0.15) is 0 Å². The highest BCUT2D eigenvalue weighted by Crippen LogP contribution is 2.23. The van der Waals surface area contributed by atoms with Crippen molar-refractivity contribution in [2.75, 3.05) is 5.32 Å². The van der Waals surface area contributed by atoms with Crippen molar-refractivity contribution in [3.8, 4) is 11.1 Å². The summed E-state index contributed by atoms with van der Waals surface area (Å²) in [4.78, 5) is 30.8. The molecule has 1 amide bonds. The molecule has 0 fully saturated rings. The first-order valence-corrected chi connectivity index (χ1v) is 12.2. The largest absolute Gasteiger partial charge is 0.326 e. The van der Waals surface area contributed by atoms with E-state index < -0.39 is 5.41 Å². The number of nitrogens with zero attached hydrogens (tertiary/aromatic N) is 2. The Hall–Kier alpha value is -3.44. The van der Waals surface area contributed by atoms with E-state index >= 15 is 0 Å². The van der Waals surface area contributed by atoms with Crippen molar-refractivity contribution in [2.24, 2.45) is 5.41 Å². The number of benzene rings is 3. The lowest BCUT2D eigenvalue weighted by Gasteiger charge is -2.18. The fraction of sp³-hybridized carbons (Fsp3) is 0.276. The van der Waals surface area contributed by atoms with Gasteiger partial charge < -0.3 is 5.32 Å². The second-order valence-electron chi connectivity index (χ2n) is 9.81. The normalized spacial score (nSPS) is 11.6. The van der Waals surface area contributed by atoms with Crippen LogP contribution in [0.25, 0.3) is 22.0 Å². The van der Waals surface area contributed by atoms with Gasteiger partial charge in [-0.25, -0.2) is 4.98 Å². The number of aromatic nitrogens is 2. The number of hydrogen-bond donors (Lipinski definition) is 1. The third kappa shape index (κ3) is 5.63. The van der Waals surface area contributed by atoms with Crippen LogP contribution in [0.15, 0.2) is 71.5 Å². The van der Waals surface area contributed by atoms with Crippen LogP contribution in [0.5, 0.6) is 0 Å². The molecule has 35 heavy (non-hydrogen) atoms. The van der Waals surface area contributed by atoms with Crippen LogP contribution in [0.3, 0.4) is 0 Å². The van der Waals surface area contributed by atoms with E-state index in [2.05, 4.69) is 24.4 Å². The average molecular weight is 488 g/mol. The molecule has 0 saturated heterocycles. The number of carbonyl (C=O) groups is 1. The van der Waals surface area contributed by atoms with Crippen LogP contribution in [0.2, 0.25) is 5.02 Å². The van der Waals surface area contributed by atoms with Crippen LogP contribution in [0.4, 0.5) is 5.69 Å². The lowest BCUT2D eigenvalue weighted by Crippen LogP contribution is -2.28. The molecule has 0 spiro atoms. The van der Waals surface area contributed by atoms with Gasteiger partial charge in [0, 0.05) is 22.5 Å². The molecule has 0 aliphatic heterocycles. The lowest BCUT2D eigenvalue weighted by atomic mass is 9.95. The third-order valence-corrected chi connectivity index (χ3v) is 6.17. The van der Waals surface area contributed by atoms with Crippen LogP contribution in [-0.2, 0) is 17.8 Å². The summed E-state index contributed by atoms with van der Waals surface area (Å²) in [6.45, 7) is 8.07. The summed E-state index contributed by atoms with van der Waals surface area (Å²) < 4.78 is 1.75. The number of hydrogen-bond acceptors (Lipinski definition) is 3. The maximum absolute atomic E-state index is 13.6. The molecular weight excluding hydrogens is 458 g/mol. The van der Waals surface area contributed by atoms with E-state index in [-0.39, 0.29) is 11.5 Å². The van der Waals surface area contributed by atoms with Crippen LogP contribution >= 0.6 is 11.6 Å². The molecule has 5 nitrogen and oxygen atoms in total. The van der Waals surface area contributed by atoms with Gasteiger partial charge >= 0.3 is 0 Å². The van der Waals surface area contributed by atoms with E-state index in [9.17, 15) is 9.59 Å². The number of fused-ring (bicyclic) bond motifs is 1. The van der Waals surface area contributed by atoms with Gasteiger partial charge in [-0.3, -0.25) is 14.2 Å². The molecule has 0 aliphatic rings. The van der Waals surface area contributed by atoms with Crippen molar-refractivity contribution in [2.45, 2.75) is 47.1 Å². The second kappa shape index (κ2) is 10.0. The molecule has 4 rings (SSSR count). The molecule has 0 radical (unpaired) electrons. The van der Waals surface area contributed by atoms with Crippen molar-refractivity contribution in [3.05, 3.63) is 93.5 Å². The van der Waals surface area contributed by atoms with Gasteiger partial charge in [0.25, 0.3) is 5.56 Å². The first-order chi connectivity index (χ1) is 16.7. The Morgan fingerprint density at radius 2 is 1.60 bits per heavy atom. The summed E-state index contributed by atoms with van der Waals surface area (Å²) in [5, 5.41) is 4.11. The SMILES string of the molecule is CCCc1nc2ccc(NC(=O)C(C)(C)C)cc2c(=O)n1Cc1ccc(-c2ccc(Cl)cc2)cc1. The van der Waals surface area contributed by atoms with E-state index in [4.69, 9.17) is 16.6 Å². The van der Waals surface area contributed by atoms with Crippen LogP contribution in [-0.4, -0.2) is 15.5 Å². The number of carbonyl (C=O) groups excluding carboxylic acids is 1. The van der Waals surface area contributed by atoms with Crippen molar-refractivity contribution < 1.29 is 4.79 Å². The minimum absolute atomic E-state index is 0.103. The van der Waals surface area contributed by atoms with Crippen molar-refractivity contribution >= 4 is 34.1 Å². The zero-order chi connectivity index (χ0) is 25.2. The number of amides is 1. The van der Waals surface area contributed by atoms with Crippen LogP contribution in [0.1, 0.15) is 45.5 Å². The Bertz CT molecular complexity index is 1420. The molecule has 0 atom stereocenters. The average Bonchev–Trinajstić information content (AvgIpc) is 2.82. The molecule has 1 heterocycles. The summed E-state index contributed by atoms with van der Waals surface area (Å²) in [5.74, 6) is 0.659. The second-order valence-corrected chi connectivity index (χ2v) is 10.2. The number of halogens is 1. The molecule has 0 bridgehead atoms. The van der Waals surface area contributed by atoms with Gasteiger partial charge in [-0.15, -0.1) is 0 Å². The van der Waals surface area contributed by atoms with Crippen molar-refractivity contribution in [3.63, 3.8) is 0 Å². The number of aryl methyl sites for hydroxylation is 1. The highest BCUT2D eigenvalue weighted by atomic mass is 35.5. The molecule has 6 heteroatoms. The Balaban J connectivity index is 1.69. The number of anilines is 1. The highest BCUT2D eigenvalue weighted by Gasteiger charge is 2.21. The van der Waals surface area contributed by atoms with Gasteiger partial charge in [-0.1, -0.05) is 75.7 Å². The van der Waals surface area contributed by atoms with Gasteiger partial charge in [0.1, 0.15) is 5.82 Å². The minimum Gasteiger partial charge on any atom is -0.326 e. The molecule has 0 saturated carbocycles. The monoisotopic (exact) mass is 487 g/mol. The van der Waals surface area contributed by atoms with E-state index in [1.807, 2.05) is 57.2 Å². The molecular formula is C29H30ClN3O2. The Labute approximate surface area is 210 Å². The standard InChI is InChI=1S/C29H30ClN3O2/c1-5-6-26-32-25-16-15-23(31-28(35)29(2,3)4)17-24(25)27(34)33(26)18-19-7-9-20(10-8-19)21-11-13-22(30)14-12-21/h7-17H,5-6,18H2,1-4H3,(H,31,35). The van der Waals surface area contributed by atoms with Gasteiger partial charge in [0.2, 0.25) is 5.91 Å². The van der Waals surface area contributed by atoms with Crippen LogP contribution in [0, 0.1) is 5.41 Å². The van der Waals surface area contributed by atoms with Crippen molar-refractivity contribution in [1.29, 1.82) is 0 Å². The van der Waals surface area contributed by atoms with E-state index in [0.717, 1.165) is 28.9 Å². The third-order valence-electron chi connectivity index (χ3n) is 5.92. The fourth-order valence-electron chi connectivity index (χ4n) is 3.87. The molecule has 0 aliphatic carbocycles. The zero-order valence-electron chi connectivity index (χ0n) is 20.6. The Morgan fingerprint density at radius 1 is 0.971 bits per heavy atom. The first-order valence-electron chi connectivity index (χ1n) is 11.9. The molecule has 3 aromatic carbocycles. The Kier molecular flexibility index (Phi) is 7.08. The quantitative estimate of drug-likeness (QED) is 0.329. The van der Waals surface area contributed by atoms with Gasteiger partial charge in [0.05, 0.1) is 17.4 Å². The maximum atomic E-state index is 13.6. The van der Waals surface area contributed by atoms with Crippen LogP contribution < -0.4 is 10.9 Å². The molecule has 1 aromatic heterocycles. The predicted molar refractivity (Wildman–Crippen MR) is 144 cm³/mol. The fourth-order valence-corrected chi connectivity index (χ4v) is 3.99. The predicted octanol–water partition coefficient (Wildman–Crippen LogP) is 6.70. The van der Waals surface area contributed by atoms with Gasteiger partial charge in [-0.05, 0) is 53.4 Å². The number of rotatable bonds is 6. The summed E-state index contributed by atoms with van der Waals surface area (Å²) in [7, 11) is 0. The molecule has 180 valence electrons. The number of nitrogens with one attached hydrogen (secondary N) is 1. The summed E-state index contributed by atoms with van der Waals surface area (Å²) in [6, 6.07) is 21.2. The van der Waals surface area contributed by atoms with E-state index in [1.165, 1.54) is 0 Å². The Morgan fingerprint density at radius 3 is 2.20 bits per heavy atom. The van der Waals surface area contributed by atoms with Gasteiger partial charge in [0.15, 0.2) is 0 Å². The zero-order valence-corrected chi connectivity index (χ0v) is 21.3. The molecule has 4 aromatic rings. The first kappa shape index (κ1) is 24.7. The summed E-state index contributed by atoms with van der Waals surface area (Å²) in [5.41, 5.74) is 3.79. The molecule has 0 unspecified atom stereocenters. The maximum Gasteiger partial charge on any atom is 0.261 e. The lowest BCUT2D eigenvalue weighted by molar-refractivity contribution is -0.123. The molecule has 1 N–H and O–H groups in total. The van der Waals surface area contributed by atoms with Crippen molar-refractivity contribution in [1.82, 2.24) is 9.55 Å². The minimum atomic E-state index is -0.531. The van der Waals surface area contributed by atoms with E-state index in [1.54, 1.807) is 22.8 Å². The highest BCUT2D eigenvalue weighted by molar-refractivity contribution is 6.30. The smallest absolute Gasteiger partial charge is 0.261 e. The topological polar surface area (TPSA) is 64.0 Å².